The van der Waals surface area contributed by atoms with E-state index >= 15 is 0 Å². The first kappa shape index (κ1) is 27.0. The molecule has 1 heterocycles. The molecule has 4 aromatic rings. The minimum Gasteiger partial charge on any atom is -0.497 e. The van der Waals surface area contributed by atoms with Crippen molar-refractivity contribution < 1.29 is 19.1 Å². The van der Waals surface area contributed by atoms with Crippen LogP contribution in [0.4, 0.5) is 0 Å². The Balaban J connectivity index is 1.61. The van der Waals surface area contributed by atoms with Crippen LogP contribution in [0.1, 0.15) is 34.7 Å². The maximum absolute atomic E-state index is 11.6. The highest BCUT2D eigenvalue weighted by Gasteiger charge is 2.25. The van der Waals surface area contributed by atoms with Crippen molar-refractivity contribution in [2.24, 2.45) is 0 Å². The maximum Gasteiger partial charge on any atom is 0.220 e. The summed E-state index contributed by atoms with van der Waals surface area (Å²) in [6, 6.07) is 21.1. The third kappa shape index (κ3) is 6.63. The predicted octanol–water partition coefficient (Wildman–Crippen LogP) is 5.98. The van der Waals surface area contributed by atoms with Gasteiger partial charge in [0.05, 0.1) is 13.7 Å². The lowest BCUT2D eigenvalue weighted by atomic mass is 10.1. The molecule has 0 fully saturated rings. The molecule has 38 heavy (non-hydrogen) atoms. The molecule has 0 radical (unpaired) electrons. The smallest absolute Gasteiger partial charge is 0.220 e. The molecule has 3 aromatic carbocycles. The molecule has 0 aliphatic carbocycles. The molecule has 0 saturated heterocycles. The fourth-order valence-corrected chi connectivity index (χ4v) is 5.04. The second-order valence-corrected chi connectivity index (χ2v) is 9.77. The summed E-state index contributed by atoms with van der Waals surface area (Å²) in [4.78, 5) is 11.3. The molecular weight excluding hydrogens is 504 g/mol. The van der Waals surface area contributed by atoms with E-state index in [4.69, 9.17) is 14.2 Å². The standard InChI is InChI=1S/C28H30N4O5S/c1-5-36-26-16-22(10-15-25(26)37-18-21-8-6-19(2)7-9-21)27(17-31(33)34)38-28-30-29-20(3)32(28)23-11-13-24(35-4)14-12-23/h6-16,27H,5,17-18H2,1-4H3/t27-/m0/s1. The highest BCUT2D eigenvalue weighted by atomic mass is 32.2. The SMILES string of the molecule is CCOc1cc([C@H](C[N+](=O)[O-])Sc2nnc(C)n2-c2ccc(OC)cc2)ccc1OCc1ccc(C)cc1. The molecule has 4 rings (SSSR count). The molecule has 0 amide bonds. The number of nitrogens with zero attached hydrogens (tertiary/aromatic N) is 4. The molecule has 0 aliphatic rings. The minimum atomic E-state index is -0.532. The van der Waals surface area contributed by atoms with E-state index in [0.717, 1.165) is 22.6 Å². The summed E-state index contributed by atoms with van der Waals surface area (Å²) >= 11 is 1.29. The van der Waals surface area contributed by atoms with Gasteiger partial charge in [0, 0.05) is 10.6 Å². The Morgan fingerprint density at radius 2 is 1.71 bits per heavy atom. The van der Waals surface area contributed by atoms with E-state index < -0.39 is 5.25 Å². The van der Waals surface area contributed by atoms with Crippen molar-refractivity contribution in [3.8, 4) is 22.9 Å². The quantitative estimate of drug-likeness (QED) is 0.124. The maximum atomic E-state index is 11.6. The summed E-state index contributed by atoms with van der Waals surface area (Å²) in [5, 5.41) is 20.2. The molecular formula is C28H30N4O5S. The molecule has 0 N–H and O–H groups in total. The monoisotopic (exact) mass is 534 g/mol. The van der Waals surface area contributed by atoms with Crippen LogP contribution in [0.3, 0.4) is 0 Å². The zero-order chi connectivity index (χ0) is 27.1. The van der Waals surface area contributed by atoms with E-state index in [-0.39, 0.29) is 11.5 Å². The van der Waals surface area contributed by atoms with Crippen molar-refractivity contribution in [2.75, 3.05) is 20.3 Å². The fraction of sp³-hybridized carbons (Fsp3) is 0.286. The van der Waals surface area contributed by atoms with Gasteiger partial charge in [-0.3, -0.25) is 14.7 Å². The number of ether oxygens (including phenoxy) is 3. The Morgan fingerprint density at radius 3 is 2.37 bits per heavy atom. The van der Waals surface area contributed by atoms with Gasteiger partial charge in [-0.15, -0.1) is 10.2 Å². The van der Waals surface area contributed by atoms with Gasteiger partial charge in [0.2, 0.25) is 6.54 Å². The summed E-state index contributed by atoms with van der Waals surface area (Å²) in [5.74, 6) is 2.53. The molecule has 9 nitrogen and oxygen atoms in total. The number of hydrogen-bond acceptors (Lipinski definition) is 8. The van der Waals surface area contributed by atoms with Crippen molar-refractivity contribution in [1.29, 1.82) is 0 Å². The summed E-state index contributed by atoms with van der Waals surface area (Å²) < 4.78 is 19.0. The van der Waals surface area contributed by atoms with Crippen LogP contribution in [0.25, 0.3) is 5.69 Å². The van der Waals surface area contributed by atoms with Gasteiger partial charge >= 0.3 is 0 Å². The summed E-state index contributed by atoms with van der Waals surface area (Å²) in [6.07, 6.45) is 0. The lowest BCUT2D eigenvalue weighted by Crippen LogP contribution is -2.11. The van der Waals surface area contributed by atoms with Crippen molar-refractivity contribution >= 4 is 11.8 Å². The number of aryl methyl sites for hydroxylation is 2. The molecule has 0 bridgehead atoms. The van der Waals surface area contributed by atoms with Gasteiger partial charge in [-0.1, -0.05) is 47.7 Å². The number of benzene rings is 3. The van der Waals surface area contributed by atoms with E-state index in [1.165, 1.54) is 17.3 Å². The van der Waals surface area contributed by atoms with Gasteiger partial charge in [0.15, 0.2) is 16.7 Å². The van der Waals surface area contributed by atoms with Crippen molar-refractivity contribution in [3.05, 3.63) is 99.4 Å². The largest absolute Gasteiger partial charge is 0.497 e. The van der Waals surface area contributed by atoms with E-state index in [1.54, 1.807) is 7.11 Å². The predicted molar refractivity (Wildman–Crippen MR) is 146 cm³/mol. The van der Waals surface area contributed by atoms with E-state index in [1.807, 2.05) is 92.1 Å². The Morgan fingerprint density at radius 1 is 0.974 bits per heavy atom. The first-order valence-corrected chi connectivity index (χ1v) is 13.1. The molecule has 10 heteroatoms. The highest BCUT2D eigenvalue weighted by Crippen LogP contribution is 2.40. The fourth-order valence-electron chi connectivity index (χ4n) is 3.88. The molecule has 0 aliphatic heterocycles. The molecule has 1 aromatic heterocycles. The highest BCUT2D eigenvalue weighted by molar-refractivity contribution is 7.99. The van der Waals surface area contributed by atoms with Crippen LogP contribution >= 0.6 is 11.8 Å². The average molecular weight is 535 g/mol. The van der Waals surface area contributed by atoms with Gasteiger partial charge in [-0.2, -0.15) is 0 Å². The lowest BCUT2D eigenvalue weighted by Gasteiger charge is -2.17. The van der Waals surface area contributed by atoms with Crippen molar-refractivity contribution in [2.45, 2.75) is 37.8 Å². The zero-order valence-electron chi connectivity index (χ0n) is 21.8. The third-order valence-electron chi connectivity index (χ3n) is 5.84. The first-order chi connectivity index (χ1) is 18.4. The van der Waals surface area contributed by atoms with Gasteiger partial charge in [-0.05, 0) is 68.3 Å². The number of aromatic nitrogens is 3. The second kappa shape index (κ2) is 12.5. The Hall–Kier alpha value is -4.05. The van der Waals surface area contributed by atoms with Crippen molar-refractivity contribution in [3.63, 3.8) is 0 Å². The third-order valence-corrected chi connectivity index (χ3v) is 7.02. The van der Waals surface area contributed by atoms with Crippen LogP contribution in [-0.4, -0.2) is 39.9 Å². The van der Waals surface area contributed by atoms with E-state index in [0.29, 0.717) is 35.7 Å². The van der Waals surface area contributed by atoms with Crippen LogP contribution in [-0.2, 0) is 6.61 Å². The van der Waals surface area contributed by atoms with Crippen LogP contribution in [0, 0.1) is 24.0 Å². The summed E-state index contributed by atoms with van der Waals surface area (Å²) in [6.45, 7) is 6.29. The first-order valence-electron chi connectivity index (χ1n) is 12.2. The van der Waals surface area contributed by atoms with Crippen LogP contribution in [0.5, 0.6) is 17.2 Å². The molecule has 0 spiro atoms. The van der Waals surface area contributed by atoms with Crippen LogP contribution < -0.4 is 14.2 Å². The number of nitro groups is 1. The number of methoxy groups -OCH3 is 1. The minimum absolute atomic E-state index is 0.297. The van der Waals surface area contributed by atoms with Crippen LogP contribution in [0.15, 0.2) is 71.9 Å². The zero-order valence-corrected chi connectivity index (χ0v) is 22.6. The average Bonchev–Trinajstić information content (AvgIpc) is 3.28. The number of thioether (sulfide) groups is 1. The van der Waals surface area contributed by atoms with Gasteiger partial charge in [0.25, 0.3) is 0 Å². The molecule has 0 saturated carbocycles. The summed E-state index contributed by atoms with van der Waals surface area (Å²) in [5.41, 5.74) is 3.79. The Bertz CT molecular complexity index is 1370. The lowest BCUT2D eigenvalue weighted by molar-refractivity contribution is -0.479. The normalized spacial score (nSPS) is 11.7. The van der Waals surface area contributed by atoms with Gasteiger partial charge in [0.1, 0.15) is 23.4 Å². The topological polar surface area (TPSA) is 102 Å². The van der Waals surface area contributed by atoms with Crippen molar-refractivity contribution in [1.82, 2.24) is 14.8 Å². The van der Waals surface area contributed by atoms with E-state index in [9.17, 15) is 10.1 Å². The number of hydrogen-bond donors (Lipinski definition) is 0. The molecule has 0 unspecified atom stereocenters. The number of rotatable bonds is 12. The Labute approximate surface area is 225 Å². The Kier molecular flexibility index (Phi) is 8.85. The van der Waals surface area contributed by atoms with Gasteiger partial charge in [-0.25, -0.2) is 0 Å². The summed E-state index contributed by atoms with van der Waals surface area (Å²) in [7, 11) is 1.61. The second-order valence-electron chi connectivity index (χ2n) is 8.60. The van der Waals surface area contributed by atoms with E-state index in [2.05, 4.69) is 10.2 Å². The molecule has 198 valence electrons. The van der Waals surface area contributed by atoms with Crippen LogP contribution in [0.2, 0.25) is 0 Å². The van der Waals surface area contributed by atoms with Gasteiger partial charge < -0.3 is 14.2 Å². The molecule has 1 atom stereocenters.